The monoisotopic (exact) mass is 381 g/mol. The number of benzene rings is 1. The highest BCUT2D eigenvalue weighted by molar-refractivity contribution is 8.00. The third-order valence-corrected chi connectivity index (χ3v) is 4.63. The summed E-state index contributed by atoms with van der Waals surface area (Å²) in [5, 5.41) is 3.21. The van der Waals surface area contributed by atoms with Crippen LogP contribution in [0.3, 0.4) is 0 Å². The molecule has 25 heavy (non-hydrogen) atoms. The molecule has 0 aliphatic heterocycles. The van der Waals surface area contributed by atoms with Crippen molar-refractivity contribution in [3.8, 4) is 5.75 Å². The molecule has 1 amide bonds. The number of aromatic amines is 1. The van der Waals surface area contributed by atoms with E-state index in [9.17, 15) is 9.59 Å². The number of anilines is 1. The molecule has 1 aromatic carbocycles. The fourth-order valence-corrected chi connectivity index (χ4v) is 3.03. The van der Waals surface area contributed by atoms with E-state index in [-0.39, 0.29) is 17.4 Å². The Morgan fingerprint density at radius 1 is 1.32 bits per heavy atom. The number of nitrogens with one attached hydrogen (secondary N) is 2. The minimum absolute atomic E-state index is 0.126. The number of hydrogen-bond acceptors (Lipinski definition) is 5. The predicted octanol–water partition coefficient (Wildman–Crippen LogP) is 3.67. The van der Waals surface area contributed by atoms with Gasteiger partial charge in [0.2, 0.25) is 5.91 Å². The van der Waals surface area contributed by atoms with E-state index >= 15 is 0 Å². The number of carbonyl (C=O) groups is 1. The van der Waals surface area contributed by atoms with Crippen LogP contribution in [-0.4, -0.2) is 28.2 Å². The van der Waals surface area contributed by atoms with E-state index in [2.05, 4.69) is 15.3 Å². The molecule has 0 spiro atoms. The van der Waals surface area contributed by atoms with Crippen LogP contribution in [0.15, 0.2) is 34.2 Å². The maximum absolute atomic E-state index is 12.4. The molecule has 1 unspecified atom stereocenters. The van der Waals surface area contributed by atoms with Gasteiger partial charge in [0.05, 0.1) is 23.7 Å². The summed E-state index contributed by atoms with van der Waals surface area (Å²) in [6.45, 7) is 5.65. The summed E-state index contributed by atoms with van der Waals surface area (Å²) in [7, 11) is 1.52. The number of hydrogen-bond donors (Lipinski definition) is 2. The normalized spacial score (nSPS) is 12.1. The van der Waals surface area contributed by atoms with Gasteiger partial charge in [-0.25, -0.2) is 4.98 Å². The van der Waals surface area contributed by atoms with Crippen LogP contribution in [0, 0.1) is 0 Å². The molecule has 1 aromatic heterocycles. The number of methoxy groups -OCH3 is 1. The second-order valence-corrected chi connectivity index (χ2v) is 7.49. The van der Waals surface area contributed by atoms with Crippen LogP contribution < -0.4 is 15.6 Å². The Kier molecular flexibility index (Phi) is 6.50. The summed E-state index contributed by atoms with van der Waals surface area (Å²) in [5.41, 5.74) is 0.950. The molecule has 2 N–H and O–H groups in total. The predicted molar refractivity (Wildman–Crippen MR) is 101 cm³/mol. The molecule has 0 aliphatic carbocycles. The first kappa shape index (κ1) is 19.3. The summed E-state index contributed by atoms with van der Waals surface area (Å²) >= 11 is 7.15. The molecule has 2 rings (SSSR count). The number of ether oxygens (including phenoxy) is 1. The van der Waals surface area contributed by atoms with Crippen LogP contribution in [0.2, 0.25) is 5.02 Å². The van der Waals surface area contributed by atoms with Gasteiger partial charge in [-0.05, 0) is 31.0 Å². The van der Waals surface area contributed by atoms with Crippen molar-refractivity contribution in [1.82, 2.24) is 9.97 Å². The molecule has 6 nitrogen and oxygen atoms in total. The van der Waals surface area contributed by atoms with Crippen molar-refractivity contribution in [2.45, 2.75) is 37.1 Å². The van der Waals surface area contributed by atoms with Gasteiger partial charge in [-0.3, -0.25) is 9.59 Å². The van der Waals surface area contributed by atoms with Crippen LogP contribution in [0.4, 0.5) is 5.69 Å². The Hall–Kier alpha value is -1.99. The van der Waals surface area contributed by atoms with Gasteiger partial charge in [0.15, 0.2) is 5.16 Å². The van der Waals surface area contributed by atoms with Gasteiger partial charge in [-0.15, -0.1) is 0 Å². The summed E-state index contributed by atoms with van der Waals surface area (Å²) < 4.78 is 5.22. The van der Waals surface area contributed by atoms with E-state index in [1.165, 1.54) is 24.9 Å². The number of rotatable bonds is 6. The topological polar surface area (TPSA) is 84.1 Å². The lowest BCUT2D eigenvalue weighted by Crippen LogP contribution is -2.23. The van der Waals surface area contributed by atoms with Crippen LogP contribution in [0.25, 0.3) is 0 Å². The minimum atomic E-state index is -0.478. The average molecular weight is 382 g/mol. The smallest absolute Gasteiger partial charge is 0.251 e. The van der Waals surface area contributed by atoms with Crippen molar-refractivity contribution in [3.63, 3.8) is 0 Å². The second kappa shape index (κ2) is 8.40. The molecule has 1 atom stereocenters. The van der Waals surface area contributed by atoms with E-state index in [1.807, 2.05) is 13.8 Å². The summed E-state index contributed by atoms with van der Waals surface area (Å²) in [5.74, 6) is 0.396. The number of aromatic nitrogens is 2. The highest BCUT2D eigenvalue weighted by Crippen LogP contribution is 2.29. The Labute approximate surface area is 155 Å². The van der Waals surface area contributed by atoms with Gasteiger partial charge >= 0.3 is 0 Å². The van der Waals surface area contributed by atoms with E-state index in [4.69, 9.17) is 16.3 Å². The molecule has 0 bridgehead atoms. The Bertz CT molecular complexity index is 823. The molecule has 134 valence electrons. The largest absolute Gasteiger partial charge is 0.495 e. The lowest BCUT2D eigenvalue weighted by Gasteiger charge is -2.14. The van der Waals surface area contributed by atoms with E-state index < -0.39 is 5.25 Å². The Morgan fingerprint density at radius 2 is 2.04 bits per heavy atom. The molecule has 8 heteroatoms. The molecular weight excluding hydrogens is 362 g/mol. The number of H-pyrrole nitrogens is 1. The number of amides is 1. The third-order valence-electron chi connectivity index (χ3n) is 3.41. The van der Waals surface area contributed by atoms with Gasteiger partial charge in [0.25, 0.3) is 5.56 Å². The van der Waals surface area contributed by atoms with Crippen LogP contribution in [-0.2, 0) is 4.79 Å². The summed E-state index contributed by atoms with van der Waals surface area (Å²) in [6.07, 6.45) is 0. The maximum Gasteiger partial charge on any atom is 0.251 e. The lowest BCUT2D eigenvalue weighted by atomic mass is 10.1. The summed E-state index contributed by atoms with van der Waals surface area (Å²) in [4.78, 5) is 31.2. The standard InChI is InChI=1S/C17H20ClN3O3S/c1-9(2)12-8-15(22)21-17(20-12)25-10(3)16(23)19-13-7-11(18)5-6-14(13)24-4/h5-10H,1-4H3,(H,19,23)(H,20,21,22). The van der Waals surface area contributed by atoms with Gasteiger partial charge < -0.3 is 15.0 Å². The third kappa shape index (κ3) is 5.24. The lowest BCUT2D eigenvalue weighted by molar-refractivity contribution is -0.115. The number of halogens is 1. The minimum Gasteiger partial charge on any atom is -0.495 e. The van der Waals surface area contributed by atoms with Crippen LogP contribution in [0.1, 0.15) is 32.4 Å². The van der Waals surface area contributed by atoms with Crippen LogP contribution in [0.5, 0.6) is 5.75 Å². The second-order valence-electron chi connectivity index (χ2n) is 5.72. The Balaban J connectivity index is 2.13. The van der Waals surface area contributed by atoms with Crippen molar-refractivity contribution in [2.75, 3.05) is 12.4 Å². The molecule has 0 fully saturated rings. The molecule has 2 aromatic rings. The first-order valence-electron chi connectivity index (χ1n) is 7.72. The van der Waals surface area contributed by atoms with E-state index in [1.54, 1.807) is 25.1 Å². The van der Waals surface area contributed by atoms with Crippen molar-refractivity contribution in [2.24, 2.45) is 0 Å². The van der Waals surface area contributed by atoms with Gasteiger partial charge in [-0.1, -0.05) is 37.2 Å². The van der Waals surface area contributed by atoms with Gasteiger partial charge in [0, 0.05) is 11.1 Å². The zero-order valence-electron chi connectivity index (χ0n) is 14.4. The first-order valence-corrected chi connectivity index (χ1v) is 8.98. The summed E-state index contributed by atoms with van der Waals surface area (Å²) in [6, 6.07) is 6.45. The first-order chi connectivity index (χ1) is 11.8. The van der Waals surface area contributed by atoms with Crippen LogP contribution >= 0.6 is 23.4 Å². The highest BCUT2D eigenvalue weighted by atomic mass is 35.5. The van der Waals surface area contributed by atoms with E-state index in [0.29, 0.717) is 27.3 Å². The average Bonchev–Trinajstić information content (AvgIpc) is 2.54. The zero-order valence-corrected chi connectivity index (χ0v) is 16.0. The van der Waals surface area contributed by atoms with Crippen molar-refractivity contribution in [1.29, 1.82) is 0 Å². The number of thioether (sulfide) groups is 1. The molecule has 0 saturated carbocycles. The van der Waals surface area contributed by atoms with Gasteiger partial charge in [0.1, 0.15) is 5.75 Å². The fraction of sp³-hybridized carbons (Fsp3) is 0.353. The van der Waals surface area contributed by atoms with Crippen molar-refractivity contribution >= 4 is 35.0 Å². The maximum atomic E-state index is 12.4. The quantitative estimate of drug-likeness (QED) is 0.589. The Morgan fingerprint density at radius 3 is 2.68 bits per heavy atom. The van der Waals surface area contributed by atoms with Crippen molar-refractivity contribution < 1.29 is 9.53 Å². The number of nitrogens with zero attached hydrogens (tertiary/aromatic N) is 1. The molecular formula is C17H20ClN3O3S. The molecule has 0 aliphatic rings. The zero-order chi connectivity index (χ0) is 18.6. The van der Waals surface area contributed by atoms with E-state index in [0.717, 1.165) is 0 Å². The fourth-order valence-electron chi connectivity index (χ4n) is 2.04. The van der Waals surface area contributed by atoms with Gasteiger partial charge in [-0.2, -0.15) is 0 Å². The van der Waals surface area contributed by atoms with Crippen molar-refractivity contribution in [3.05, 3.63) is 45.3 Å². The molecule has 0 saturated heterocycles. The molecule has 0 radical (unpaired) electrons. The molecule has 1 heterocycles. The SMILES string of the molecule is COc1ccc(Cl)cc1NC(=O)C(C)Sc1nc(C(C)C)cc(=O)[nH]1. The highest BCUT2D eigenvalue weighted by Gasteiger charge is 2.18. The number of carbonyl (C=O) groups excluding carboxylic acids is 1.